The average Bonchev–Trinajstić information content (AvgIpc) is 2.98. The minimum absolute atomic E-state index is 0.963. The van der Waals surface area contributed by atoms with Crippen LogP contribution in [-0.2, 0) is 0 Å². The van der Waals surface area contributed by atoms with E-state index >= 15 is 0 Å². The summed E-state index contributed by atoms with van der Waals surface area (Å²) in [6.45, 7) is 4.18. The predicted octanol–water partition coefficient (Wildman–Crippen LogP) is 5.36. The maximum Gasteiger partial charge on any atom is 0.143 e. The number of anilines is 2. The summed E-state index contributed by atoms with van der Waals surface area (Å²) < 4.78 is 2.12. The van der Waals surface area contributed by atoms with Crippen LogP contribution in [0.15, 0.2) is 72.9 Å². The molecular formula is C21H19N3. The van der Waals surface area contributed by atoms with Crippen LogP contribution in [0.4, 0.5) is 11.5 Å². The molecule has 0 spiro atoms. The second-order valence-corrected chi connectivity index (χ2v) is 6.05. The van der Waals surface area contributed by atoms with Gasteiger partial charge in [0, 0.05) is 17.4 Å². The van der Waals surface area contributed by atoms with E-state index in [1.807, 2.05) is 18.2 Å². The highest BCUT2D eigenvalue weighted by Gasteiger charge is 2.15. The molecule has 0 bridgehead atoms. The highest BCUT2D eigenvalue weighted by atomic mass is 15.1. The van der Waals surface area contributed by atoms with E-state index in [-0.39, 0.29) is 0 Å². The lowest BCUT2D eigenvalue weighted by Crippen LogP contribution is -1.97. The Bertz CT molecular complexity index is 983. The van der Waals surface area contributed by atoms with Crippen molar-refractivity contribution in [2.45, 2.75) is 13.8 Å². The van der Waals surface area contributed by atoms with Crippen LogP contribution in [0.3, 0.4) is 0 Å². The van der Waals surface area contributed by atoms with Crippen molar-refractivity contribution in [2.24, 2.45) is 0 Å². The molecule has 3 heteroatoms. The number of pyridine rings is 1. The highest BCUT2D eigenvalue weighted by Crippen LogP contribution is 2.31. The van der Waals surface area contributed by atoms with Gasteiger partial charge in [-0.2, -0.15) is 0 Å². The molecule has 2 heterocycles. The van der Waals surface area contributed by atoms with Crippen LogP contribution in [0.5, 0.6) is 0 Å². The second-order valence-electron chi connectivity index (χ2n) is 6.05. The summed E-state index contributed by atoms with van der Waals surface area (Å²) in [7, 11) is 0. The van der Waals surface area contributed by atoms with E-state index in [9.17, 15) is 0 Å². The number of fused-ring (bicyclic) bond motifs is 1. The molecule has 3 nitrogen and oxygen atoms in total. The molecule has 2 aromatic carbocycles. The molecule has 0 amide bonds. The van der Waals surface area contributed by atoms with Crippen molar-refractivity contribution >= 4 is 17.2 Å². The molecule has 0 aliphatic carbocycles. The third kappa shape index (κ3) is 2.54. The van der Waals surface area contributed by atoms with Crippen LogP contribution in [0.2, 0.25) is 0 Å². The van der Waals surface area contributed by atoms with Crippen molar-refractivity contribution in [1.29, 1.82) is 0 Å². The van der Waals surface area contributed by atoms with Gasteiger partial charge in [-0.1, -0.05) is 54.1 Å². The average molecular weight is 313 g/mol. The Morgan fingerprint density at radius 2 is 1.58 bits per heavy atom. The molecule has 24 heavy (non-hydrogen) atoms. The number of hydrogen-bond acceptors (Lipinski definition) is 2. The summed E-state index contributed by atoms with van der Waals surface area (Å²) in [6.07, 6.45) is 2.05. The molecule has 2 aromatic heterocycles. The van der Waals surface area contributed by atoms with Crippen molar-refractivity contribution in [3.8, 4) is 11.3 Å². The first-order valence-electron chi connectivity index (χ1n) is 8.09. The fraction of sp³-hybridized carbons (Fsp3) is 0.0952. The van der Waals surface area contributed by atoms with Crippen molar-refractivity contribution in [1.82, 2.24) is 9.38 Å². The number of rotatable bonds is 3. The van der Waals surface area contributed by atoms with Crippen LogP contribution < -0.4 is 5.32 Å². The minimum Gasteiger partial charge on any atom is -0.339 e. The Balaban J connectivity index is 1.91. The van der Waals surface area contributed by atoms with E-state index in [1.165, 1.54) is 5.56 Å². The zero-order chi connectivity index (χ0) is 16.5. The number of hydrogen-bond donors (Lipinski definition) is 1. The Labute approximate surface area is 141 Å². The number of aryl methyl sites for hydroxylation is 2. The Kier molecular flexibility index (Phi) is 3.54. The zero-order valence-electron chi connectivity index (χ0n) is 13.8. The van der Waals surface area contributed by atoms with E-state index in [2.05, 4.69) is 78.3 Å². The number of imidazole rings is 1. The van der Waals surface area contributed by atoms with Crippen molar-refractivity contribution in [3.63, 3.8) is 0 Å². The first kappa shape index (κ1) is 14.5. The lowest BCUT2D eigenvalue weighted by atomic mass is 10.1. The monoisotopic (exact) mass is 313 g/mol. The maximum absolute atomic E-state index is 4.90. The van der Waals surface area contributed by atoms with Crippen LogP contribution in [0.25, 0.3) is 16.9 Å². The lowest BCUT2D eigenvalue weighted by molar-refractivity contribution is 1.16. The largest absolute Gasteiger partial charge is 0.339 e. The maximum atomic E-state index is 4.90. The van der Waals surface area contributed by atoms with Gasteiger partial charge in [-0.15, -0.1) is 0 Å². The highest BCUT2D eigenvalue weighted by molar-refractivity contribution is 5.80. The molecule has 0 aliphatic rings. The van der Waals surface area contributed by atoms with E-state index in [0.29, 0.717) is 0 Å². The van der Waals surface area contributed by atoms with E-state index in [1.54, 1.807) is 0 Å². The molecule has 0 unspecified atom stereocenters. The van der Waals surface area contributed by atoms with E-state index in [4.69, 9.17) is 4.98 Å². The number of nitrogens with one attached hydrogen (secondary N) is 1. The van der Waals surface area contributed by atoms with E-state index < -0.39 is 0 Å². The summed E-state index contributed by atoms with van der Waals surface area (Å²) in [5.41, 5.74) is 6.51. The van der Waals surface area contributed by atoms with Gasteiger partial charge in [0.15, 0.2) is 0 Å². The van der Waals surface area contributed by atoms with Gasteiger partial charge in [-0.25, -0.2) is 4.98 Å². The topological polar surface area (TPSA) is 29.3 Å². The summed E-state index contributed by atoms with van der Waals surface area (Å²) in [4.78, 5) is 4.90. The Hall–Kier alpha value is -3.07. The number of benzene rings is 2. The van der Waals surface area contributed by atoms with Gasteiger partial charge in [-0.05, 0) is 37.6 Å². The molecule has 0 aliphatic heterocycles. The smallest absolute Gasteiger partial charge is 0.143 e. The SMILES string of the molecule is Cc1ccc(Nc2c(-c3ccccc3)nc3c(C)cccn23)cc1. The van der Waals surface area contributed by atoms with Crippen LogP contribution in [0, 0.1) is 13.8 Å². The lowest BCUT2D eigenvalue weighted by Gasteiger charge is -2.09. The number of nitrogens with zero attached hydrogens (tertiary/aromatic N) is 2. The quantitative estimate of drug-likeness (QED) is 0.551. The minimum atomic E-state index is 0.963. The van der Waals surface area contributed by atoms with Gasteiger partial charge < -0.3 is 5.32 Å². The van der Waals surface area contributed by atoms with Crippen LogP contribution in [0.1, 0.15) is 11.1 Å². The molecule has 118 valence electrons. The van der Waals surface area contributed by atoms with Crippen molar-refractivity contribution < 1.29 is 0 Å². The first-order valence-corrected chi connectivity index (χ1v) is 8.09. The molecule has 0 saturated heterocycles. The summed E-state index contributed by atoms with van der Waals surface area (Å²) in [5.74, 6) is 0.990. The molecule has 0 atom stereocenters. The predicted molar refractivity (Wildman–Crippen MR) is 99.8 cm³/mol. The Morgan fingerprint density at radius 1 is 0.833 bits per heavy atom. The van der Waals surface area contributed by atoms with Gasteiger partial charge >= 0.3 is 0 Å². The van der Waals surface area contributed by atoms with Crippen molar-refractivity contribution in [2.75, 3.05) is 5.32 Å². The van der Waals surface area contributed by atoms with Crippen molar-refractivity contribution in [3.05, 3.63) is 84.1 Å². The van der Waals surface area contributed by atoms with Gasteiger partial charge in [0.1, 0.15) is 17.2 Å². The summed E-state index contributed by atoms with van der Waals surface area (Å²) in [5, 5.41) is 3.55. The molecular weight excluding hydrogens is 294 g/mol. The Morgan fingerprint density at radius 3 is 2.33 bits per heavy atom. The third-order valence-corrected chi connectivity index (χ3v) is 4.21. The summed E-state index contributed by atoms with van der Waals surface area (Å²) in [6, 6.07) is 22.9. The molecule has 0 fully saturated rings. The standard InChI is InChI=1S/C21H19N3/c1-15-10-12-18(13-11-15)22-21-19(17-8-4-3-5-9-17)23-20-16(2)7-6-14-24(20)21/h3-14,22H,1-2H3. The normalized spacial score (nSPS) is 10.9. The zero-order valence-corrected chi connectivity index (χ0v) is 13.8. The van der Waals surface area contributed by atoms with E-state index in [0.717, 1.165) is 34.0 Å². The molecule has 0 saturated carbocycles. The van der Waals surface area contributed by atoms with Gasteiger partial charge in [0.05, 0.1) is 0 Å². The molecule has 4 rings (SSSR count). The van der Waals surface area contributed by atoms with Gasteiger partial charge in [0.25, 0.3) is 0 Å². The summed E-state index contributed by atoms with van der Waals surface area (Å²) >= 11 is 0. The second kappa shape index (κ2) is 5.85. The van der Waals surface area contributed by atoms with Gasteiger partial charge in [-0.3, -0.25) is 4.40 Å². The first-order chi connectivity index (χ1) is 11.7. The fourth-order valence-corrected chi connectivity index (χ4v) is 2.89. The molecule has 0 radical (unpaired) electrons. The number of aromatic nitrogens is 2. The molecule has 4 aromatic rings. The molecule has 1 N–H and O–H groups in total. The van der Waals surface area contributed by atoms with Crippen LogP contribution >= 0.6 is 0 Å². The fourth-order valence-electron chi connectivity index (χ4n) is 2.89. The third-order valence-electron chi connectivity index (χ3n) is 4.21. The van der Waals surface area contributed by atoms with Crippen LogP contribution in [-0.4, -0.2) is 9.38 Å². The van der Waals surface area contributed by atoms with Gasteiger partial charge in [0.2, 0.25) is 0 Å².